The fraction of sp³-hybridized carbons (Fsp3) is 0.0816. The number of thiophene rings is 1. The molecule has 0 unspecified atom stereocenters. The van der Waals surface area contributed by atoms with Crippen LogP contribution in [0.1, 0.15) is 26.3 Å². The first kappa shape index (κ1) is 32.2. The maximum Gasteiger partial charge on any atom is 0.166 e. The van der Waals surface area contributed by atoms with Crippen molar-refractivity contribution in [2.75, 3.05) is 0 Å². The van der Waals surface area contributed by atoms with Gasteiger partial charge in [-0.25, -0.2) is 15.0 Å². The molecule has 258 valence electrons. The highest BCUT2D eigenvalue weighted by Gasteiger charge is 2.22. The molecular formula is C49H36N4S. The van der Waals surface area contributed by atoms with Crippen LogP contribution in [0, 0.1) is 0 Å². The summed E-state index contributed by atoms with van der Waals surface area (Å²) in [6.07, 6.45) is 0. The van der Waals surface area contributed by atoms with E-state index in [2.05, 4.69) is 153 Å². The van der Waals surface area contributed by atoms with E-state index in [4.69, 9.17) is 15.0 Å². The smallest absolute Gasteiger partial charge is 0.166 e. The summed E-state index contributed by atoms with van der Waals surface area (Å²) in [6, 6.07) is 58.3. The van der Waals surface area contributed by atoms with Crippen LogP contribution in [-0.4, -0.2) is 19.5 Å². The van der Waals surface area contributed by atoms with Crippen molar-refractivity contribution in [2.45, 2.75) is 26.2 Å². The maximum absolute atomic E-state index is 5.26. The second-order valence-electron chi connectivity index (χ2n) is 14.9. The fourth-order valence-electron chi connectivity index (χ4n) is 7.62. The van der Waals surface area contributed by atoms with Crippen LogP contribution >= 0.6 is 11.3 Å². The molecule has 10 rings (SSSR count). The predicted molar refractivity (Wildman–Crippen MR) is 227 cm³/mol. The Kier molecular flexibility index (Phi) is 7.53. The minimum atomic E-state index is 0.0201. The first-order valence-corrected chi connectivity index (χ1v) is 19.2. The summed E-state index contributed by atoms with van der Waals surface area (Å²) in [7, 11) is 0. The Hall–Kier alpha value is -6.43. The van der Waals surface area contributed by atoms with Gasteiger partial charge in [0.25, 0.3) is 0 Å². The summed E-state index contributed by atoms with van der Waals surface area (Å²) in [6.45, 7) is 6.82. The summed E-state index contributed by atoms with van der Waals surface area (Å²) in [5.74, 6) is 1.90. The molecule has 7 aromatic carbocycles. The van der Waals surface area contributed by atoms with E-state index in [0.717, 1.165) is 44.5 Å². The van der Waals surface area contributed by atoms with Crippen molar-refractivity contribution in [3.63, 3.8) is 0 Å². The van der Waals surface area contributed by atoms with Gasteiger partial charge in [0.2, 0.25) is 0 Å². The Labute approximate surface area is 318 Å². The van der Waals surface area contributed by atoms with Crippen LogP contribution in [0.25, 0.3) is 93.0 Å². The molecule has 0 saturated carbocycles. The van der Waals surface area contributed by atoms with Crippen molar-refractivity contribution in [3.05, 3.63) is 169 Å². The monoisotopic (exact) mass is 712 g/mol. The zero-order valence-corrected chi connectivity index (χ0v) is 31.1. The molecule has 3 heterocycles. The van der Waals surface area contributed by atoms with Gasteiger partial charge in [0, 0.05) is 47.6 Å². The van der Waals surface area contributed by atoms with Gasteiger partial charge in [-0.2, -0.15) is 0 Å². The molecule has 0 aliphatic carbocycles. The van der Waals surface area contributed by atoms with Gasteiger partial charge in [-0.3, -0.25) is 0 Å². The number of benzene rings is 7. The molecule has 0 amide bonds. The van der Waals surface area contributed by atoms with Gasteiger partial charge < -0.3 is 4.57 Å². The minimum absolute atomic E-state index is 0.0201. The van der Waals surface area contributed by atoms with Crippen LogP contribution in [0.5, 0.6) is 0 Å². The van der Waals surface area contributed by atoms with Crippen molar-refractivity contribution in [1.82, 2.24) is 19.5 Å². The third kappa shape index (κ3) is 5.48. The second-order valence-corrected chi connectivity index (χ2v) is 16.0. The molecule has 54 heavy (non-hydrogen) atoms. The number of para-hydroxylation sites is 1. The van der Waals surface area contributed by atoms with E-state index in [1.165, 1.54) is 36.5 Å². The Bertz CT molecular complexity index is 2970. The topological polar surface area (TPSA) is 43.6 Å². The first-order valence-electron chi connectivity index (χ1n) is 18.4. The lowest BCUT2D eigenvalue weighted by molar-refractivity contribution is 0.591. The highest BCUT2D eigenvalue weighted by atomic mass is 32.1. The number of aromatic nitrogens is 4. The minimum Gasteiger partial charge on any atom is -0.309 e. The van der Waals surface area contributed by atoms with Gasteiger partial charge in [-0.15, -0.1) is 11.3 Å². The molecule has 0 spiro atoms. The van der Waals surface area contributed by atoms with Crippen molar-refractivity contribution in [1.29, 1.82) is 0 Å². The van der Waals surface area contributed by atoms with Gasteiger partial charge in [0.1, 0.15) is 0 Å². The summed E-state index contributed by atoms with van der Waals surface area (Å²) in [5, 5.41) is 5.03. The van der Waals surface area contributed by atoms with E-state index < -0.39 is 0 Å². The lowest BCUT2D eigenvalue weighted by Gasteiger charge is -2.19. The molecule has 5 heteroatoms. The highest BCUT2D eigenvalue weighted by molar-refractivity contribution is 7.25. The van der Waals surface area contributed by atoms with Crippen molar-refractivity contribution >= 4 is 53.3 Å². The molecule has 0 aliphatic heterocycles. The second kappa shape index (κ2) is 12.6. The molecule has 0 fully saturated rings. The van der Waals surface area contributed by atoms with Crippen LogP contribution in [-0.2, 0) is 5.41 Å². The van der Waals surface area contributed by atoms with Gasteiger partial charge in [0.15, 0.2) is 17.5 Å². The standard InChI is InChI=1S/C49H36N4S/c1-49(2,3)35-24-27-42-39(30-35)36-18-10-12-20-41(36)53(42)43-26-23-33(34-22-25-38-37-19-11-13-21-44(37)54-45(38)29-34)28-40(43)48-51-46(31-14-6-4-7-15-31)50-47(52-48)32-16-8-5-9-17-32/h4-30H,1-3H3. The van der Waals surface area contributed by atoms with Crippen LogP contribution in [0.2, 0.25) is 0 Å². The summed E-state index contributed by atoms with van der Waals surface area (Å²) in [5.41, 5.74) is 9.70. The fourth-order valence-corrected chi connectivity index (χ4v) is 8.77. The zero-order valence-electron chi connectivity index (χ0n) is 30.3. The third-order valence-electron chi connectivity index (χ3n) is 10.4. The number of fused-ring (bicyclic) bond motifs is 6. The zero-order chi connectivity index (χ0) is 36.4. The largest absolute Gasteiger partial charge is 0.309 e. The average molecular weight is 713 g/mol. The molecular weight excluding hydrogens is 677 g/mol. The van der Waals surface area contributed by atoms with E-state index in [-0.39, 0.29) is 5.41 Å². The third-order valence-corrected chi connectivity index (χ3v) is 11.6. The normalized spacial score (nSPS) is 12.0. The van der Waals surface area contributed by atoms with Crippen LogP contribution in [0.3, 0.4) is 0 Å². The lowest BCUT2D eigenvalue weighted by Crippen LogP contribution is -2.10. The Morgan fingerprint density at radius 2 is 1.00 bits per heavy atom. The molecule has 0 bridgehead atoms. The molecule has 0 atom stereocenters. The van der Waals surface area contributed by atoms with Gasteiger partial charge in [-0.05, 0) is 64.6 Å². The van der Waals surface area contributed by atoms with E-state index in [0.29, 0.717) is 17.5 Å². The van der Waals surface area contributed by atoms with E-state index in [1.807, 2.05) is 47.7 Å². The molecule has 0 saturated heterocycles. The molecule has 3 aromatic heterocycles. The number of hydrogen-bond acceptors (Lipinski definition) is 4. The lowest BCUT2D eigenvalue weighted by atomic mass is 9.86. The van der Waals surface area contributed by atoms with E-state index in [9.17, 15) is 0 Å². The van der Waals surface area contributed by atoms with E-state index >= 15 is 0 Å². The van der Waals surface area contributed by atoms with Gasteiger partial charge in [0.05, 0.1) is 16.7 Å². The van der Waals surface area contributed by atoms with Gasteiger partial charge in [-0.1, -0.05) is 142 Å². The average Bonchev–Trinajstić information content (AvgIpc) is 3.76. The summed E-state index contributed by atoms with van der Waals surface area (Å²) < 4.78 is 4.96. The van der Waals surface area contributed by atoms with Crippen LogP contribution in [0.15, 0.2) is 164 Å². The SMILES string of the molecule is CC(C)(C)c1ccc2c(c1)c1ccccc1n2-c1ccc(-c2ccc3c(c2)sc2ccccc23)cc1-c1nc(-c2ccccc2)nc(-c2ccccc2)n1. The molecule has 10 aromatic rings. The maximum atomic E-state index is 5.26. The van der Waals surface area contributed by atoms with Crippen molar-refractivity contribution < 1.29 is 0 Å². The summed E-state index contributed by atoms with van der Waals surface area (Å²) >= 11 is 1.84. The summed E-state index contributed by atoms with van der Waals surface area (Å²) in [4.78, 5) is 15.5. The molecule has 4 nitrogen and oxygen atoms in total. The van der Waals surface area contributed by atoms with Crippen LogP contribution < -0.4 is 0 Å². The Morgan fingerprint density at radius 1 is 0.426 bits per heavy atom. The number of rotatable bonds is 5. The van der Waals surface area contributed by atoms with Crippen LogP contribution in [0.4, 0.5) is 0 Å². The Balaban J connectivity index is 1.26. The van der Waals surface area contributed by atoms with Gasteiger partial charge >= 0.3 is 0 Å². The highest BCUT2D eigenvalue weighted by Crippen LogP contribution is 2.41. The number of hydrogen-bond donors (Lipinski definition) is 0. The van der Waals surface area contributed by atoms with E-state index in [1.54, 1.807) is 0 Å². The molecule has 0 N–H and O–H groups in total. The number of nitrogens with zero attached hydrogens (tertiary/aromatic N) is 4. The Morgan fingerprint density at radius 3 is 1.72 bits per heavy atom. The predicted octanol–water partition coefficient (Wildman–Crippen LogP) is 13.3. The van der Waals surface area contributed by atoms with Crippen molar-refractivity contribution in [2.24, 2.45) is 0 Å². The first-order chi connectivity index (χ1) is 26.4. The molecule has 0 radical (unpaired) electrons. The van der Waals surface area contributed by atoms with Crippen molar-refractivity contribution in [3.8, 4) is 51.0 Å². The quantitative estimate of drug-likeness (QED) is 0.178. The molecule has 0 aliphatic rings.